The molecule has 4 unspecified atom stereocenters. The van der Waals surface area contributed by atoms with Gasteiger partial charge in [0.15, 0.2) is 5.96 Å². The number of rotatable bonds is 7. The van der Waals surface area contributed by atoms with Crippen LogP contribution in [0.5, 0.6) is 0 Å². The van der Waals surface area contributed by atoms with E-state index in [4.69, 9.17) is 0 Å². The van der Waals surface area contributed by atoms with Gasteiger partial charge in [0.05, 0.1) is 11.8 Å². The summed E-state index contributed by atoms with van der Waals surface area (Å²) in [6.45, 7) is 2.76. The van der Waals surface area contributed by atoms with Crippen molar-refractivity contribution in [2.24, 2.45) is 28.7 Å². The van der Waals surface area contributed by atoms with Gasteiger partial charge in [0.25, 0.3) is 0 Å². The first kappa shape index (κ1) is 21.0. The Morgan fingerprint density at radius 3 is 2.47 bits per heavy atom. The average Bonchev–Trinajstić information content (AvgIpc) is 3.55. The first-order valence-corrected chi connectivity index (χ1v) is 11.7. The molecule has 10 nitrogen and oxygen atoms in total. The molecule has 2 fully saturated rings. The first-order valence-electron chi connectivity index (χ1n) is 11.7. The number of nitrogens with zero attached hydrogens (tertiary/aromatic N) is 5. The van der Waals surface area contributed by atoms with Gasteiger partial charge in [-0.15, -0.1) is 0 Å². The van der Waals surface area contributed by atoms with E-state index in [9.17, 15) is 14.4 Å². The van der Waals surface area contributed by atoms with Crippen LogP contribution in [0.2, 0.25) is 0 Å². The summed E-state index contributed by atoms with van der Waals surface area (Å²) in [6.07, 6.45) is 8.90. The summed E-state index contributed by atoms with van der Waals surface area (Å²) in [6, 6.07) is 0. The van der Waals surface area contributed by atoms with Gasteiger partial charge in [-0.3, -0.25) is 24.0 Å². The highest BCUT2D eigenvalue weighted by Crippen LogP contribution is 2.52. The van der Waals surface area contributed by atoms with E-state index in [0.29, 0.717) is 32.1 Å². The standard InChI is InChI=1S/C22H31N7O3/c1-23-21(24-8-4-11-29-22(32)27-10-3-2-5-16(27)26-29)25-9-12-28-19(30)17-14-6-7-15(13-14)18(17)20(28)31/h6-7,14-15,17-18H,2-5,8-13H2,1H3,(H2,23,24,25). The molecule has 0 aromatic carbocycles. The number of likely N-dealkylation sites (tertiary alicyclic amines) is 1. The Morgan fingerprint density at radius 1 is 1.06 bits per heavy atom. The minimum Gasteiger partial charge on any atom is -0.356 e. The fourth-order valence-electron chi connectivity index (χ4n) is 5.72. The Balaban J connectivity index is 1.05. The molecule has 3 heterocycles. The molecule has 0 spiro atoms. The molecule has 1 aromatic heterocycles. The maximum Gasteiger partial charge on any atom is 0.345 e. The Bertz CT molecular complexity index is 993. The van der Waals surface area contributed by atoms with Gasteiger partial charge in [0.1, 0.15) is 5.82 Å². The van der Waals surface area contributed by atoms with Gasteiger partial charge in [0.2, 0.25) is 11.8 Å². The number of aryl methyl sites for hydroxylation is 2. The lowest BCUT2D eigenvalue weighted by atomic mass is 9.85. The summed E-state index contributed by atoms with van der Waals surface area (Å²) in [4.78, 5) is 43.5. The van der Waals surface area contributed by atoms with E-state index in [1.54, 1.807) is 16.3 Å². The molecular formula is C22H31N7O3. The number of amides is 2. The van der Waals surface area contributed by atoms with Crippen LogP contribution in [0, 0.1) is 23.7 Å². The first-order chi connectivity index (χ1) is 15.6. The highest BCUT2D eigenvalue weighted by Gasteiger charge is 2.58. The van der Waals surface area contributed by atoms with E-state index in [-0.39, 0.29) is 41.2 Å². The Labute approximate surface area is 186 Å². The van der Waals surface area contributed by atoms with Crippen molar-refractivity contribution in [1.82, 2.24) is 29.9 Å². The second kappa shape index (κ2) is 8.55. The third-order valence-electron chi connectivity index (χ3n) is 7.28. The summed E-state index contributed by atoms with van der Waals surface area (Å²) in [5.74, 6) is 1.65. The fraction of sp³-hybridized carbons (Fsp3) is 0.682. The van der Waals surface area contributed by atoms with Crippen molar-refractivity contribution in [3.8, 4) is 0 Å². The zero-order valence-electron chi connectivity index (χ0n) is 18.5. The number of carbonyl (C=O) groups is 2. The molecule has 2 aliphatic carbocycles. The second-order valence-corrected chi connectivity index (χ2v) is 9.14. The van der Waals surface area contributed by atoms with Crippen LogP contribution >= 0.6 is 0 Å². The maximum atomic E-state index is 12.7. The van der Waals surface area contributed by atoms with Crippen LogP contribution < -0.4 is 16.3 Å². The third kappa shape index (κ3) is 3.55. The lowest BCUT2D eigenvalue weighted by Gasteiger charge is -2.18. The molecule has 10 heteroatoms. The van der Waals surface area contributed by atoms with E-state index >= 15 is 0 Å². The quantitative estimate of drug-likeness (QED) is 0.198. The van der Waals surface area contributed by atoms with Gasteiger partial charge in [0, 0.05) is 46.2 Å². The number of aromatic nitrogens is 3. The number of fused-ring (bicyclic) bond motifs is 6. The summed E-state index contributed by atoms with van der Waals surface area (Å²) < 4.78 is 3.34. The lowest BCUT2D eigenvalue weighted by Crippen LogP contribution is -2.44. The van der Waals surface area contributed by atoms with Crippen molar-refractivity contribution >= 4 is 17.8 Å². The lowest BCUT2D eigenvalue weighted by molar-refractivity contribution is -0.140. The van der Waals surface area contributed by atoms with Gasteiger partial charge >= 0.3 is 5.69 Å². The van der Waals surface area contributed by atoms with Crippen LogP contribution in [0.15, 0.2) is 21.9 Å². The highest BCUT2D eigenvalue weighted by atomic mass is 16.2. The zero-order chi connectivity index (χ0) is 22.2. The molecule has 4 aliphatic rings. The number of imide groups is 1. The predicted octanol–water partition coefficient (Wildman–Crippen LogP) is -0.257. The Hall–Kier alpha value is -2.91. The second-order valence-electron chi connectivity index (χ2n) is 9.14. The molecule has 2 N–H and O–H groups in total. The fourth-order valence-corrected chi connectivity index (χ4v) is 5.72. The minimum atomic E-state index is -0.146. The van der Waals surface area contributed by atoms with Crippen molar-refractivity contribution in [3.63, 3.8) is 0 Å². The van der Waals surface area contributed by atoms with Gasteiger partial charge in [-0.05, 0) is 37.5 Å². The summed E-state index contributed by atoms with van der Waals surface area (Å²) in [5, 5.41) is 10.9. The molecule has 1 saturated heterocycles. The monoisotopic (exact) mass is 441 g/mol. The highest BCUT2D eigenvalue weighted by molar-refractivity contribution is 6.06. The van der Waals surface area contributed by atoms with Gasteiger partial charge in [-0.1, -0.05) is 12.2 Å². The number of guanidine groups is 1. The van der Waals surface area contributed by atoms with Gasteiger partial charge in [-0.25, -0.2) is 9.48 Å². The van der Waals surface area contributed by atoms with Crippen molar-refractivity contribution in [2.45, 2.75) is 45.2 Å². The molecule has 0 radical (unpaired) electrons. The predicted molar refractivity (Wildman–Crippen MR) is 118 cm³/mol. The number of hydrogen-bond donors (Lipinski definition) is 2. The summed E-state index contributed by atoms with van der Waals surface area (Å²) >= 11 is 0. The SMILES string of the molecule is CN=C(NCCCn1nc2n(c1=O)CCCC2)NCCN1C(=O)C2C3C=CC(C3)C2C1=O. The molecule has 2 bridgehead atoms. The van der Waals surface area contributed by atoms with Crippen LogP contribution in [0.3, 0.4) is 0 Å². The molecule has 172 valence electrons. The number of allylic oxidation sites excluding steroid dienone is 2. The van der Waals surface area contributed by atoms with Crippen molar-refractivity contribution in [3.05, 3.63) is 28.5 Å². The number of nitrogens with one attached hydrogen (secondary N) is 2. The third-order valence-corrected chi connectivity index (χ3v) is 7.28. The number of aliphatic imine (C=N–C) groups is 1. The van der Waals surface area contributed by atoms with E-state index in [1.165, 1.54) is 4.90 Å². The van der Waals surface area contributed by atoms with E-state index in [2.05, 4.69) is 32.9 Å². The van der Waals surface area contributed by atoms with E-state index in [0.717, 1.165) is 44.5 Å². The summed E-state index contributed by atoms with van der Waals surface area (Å²) in [5.41, 5.74) is -0.0180. The molecule has 5 rings (SSSR count). The van der Waals surface area contributed by atoms with Crippen LogP contribution in [-0.4, -0.2) is 63.7 Å². The molecule has 4 atom stereocenters. The maximum absolute atomic E-state index is 12.7. The van der Waals surface area contributed by atoms with E-state index < -0.39 is 0 Å². The van der Waals surface area contributed by atoms with Crippen molar-refractivity contribution < 1.29 is 9.59 Å². The van der Waals surface area contributed by atoms with Crippen LogP contribution in [0.25, 0.3) is 0 Å². The topological polar surface area (TPSA) is 114 Å². The van der Waals surface area contributed by atoms with Crippen LogP contribution in [0.1, 0.15) is 31.5 Å². The van der Waals surface area contributed by atoms with Gasteiger partial charge < -0.3 is 10.6 Å². The van der Waals surface area contributed by atoms with Crippen LogP contribution in [0.4, 0.5) is 0 Å². The Morgan fingerprint density at radius 2 is 1.78 bits per heavy atom. The molecule has 32 heavy (non-hydrogen) atoms. The van der Waals surface area contributed by atoms with Crippen LogP contribution in [-0.2, 0) is 29.1 Å². The molecule has 2 aliphatic heterocycles. The smallest absolute Gasteiger partial charge is 0.345 e. The summed E-state index contributed by atoms with van der Waals surface area (Å²) in [7, 11) is 1.68. The average molecular weight is 442 g/mol. The number of hydrogen-bond acceptors (Lipinski definition) is 5. The number of carbonyl (C=O) groups excluding carboxylic acids is 2. The van der Waals surface area contributed by atoms with Gasteiger partial charge in [-0.2, -0.15) is 5.10 Å². The largest absolute Gasteiger partial charge is 0.356 e. The minimum absolute atomic E-state index is 0.0180. The molecule has 1 aromatic rings. The molecular weight excluding hydrogens is 410 g/mol. The van der Waals surface area contributed by atoms with Crippen molar-refractivity contribution in [1.29, 1.82) is 0 Å². The van der Waals surface area contributed by atoms with Crippen molar-refractivity contribution in [2.75, 3.05) is 26.7 Å². The van der Waals surface area contributed by atoms with E-state index in [1.807, 2.05) is 0 Å². The Kier molecular flexibility index (Phi) is 5.60. The molecule has 1 saturated carbocycles. The molecule has 2 amide bonds. The normalized spacial score (nSPS) is 28.4. The zero-order valence-corrected chi connectivity index (χ0v) is 18.5.